The van der Waals surface area contributed by atoms with Crippen LogP contribution in [0.3, 0.4) is 0 Å². The van der Waals surface area contributed by atoms with Gasteiger partial charge in [0.05, 0.1) is 18.1 Å². The summed E-state index contributed by atoms with van der Waals surface area (Å²) < 4.78 is 0. The zero-order valence-electron chi connectivity index (χ0n) is 9.74. The summed E-state index contributed by atoms with van der Waals surface area (Å²) in [6.45, 7) is 2.96. The predicted octanol–water partition coefficient (Wildman–Crippen LogP) is 2.02. The Balaban J connectivity index is 1.79. The number of rotatable bonds is 3. The number of hydrogen-bond acceptors (Lipinski definition) is 6. The molecular weight excluding hydrogens is 270 g/mol. The van der Waals surface area contributed by atoms with Crippen LogP contribution < -0.4 is 0 Å². The molecule has 0 aromatic carbocycles. The number of nitrogens with zero attached hydrogens (tertiary/aromatic N) is 3. The lowest BCUT2D eigenvalue weighted by Crippen LogP contribution is -2.42. The van der Waals surface area contributed by atoms with Crippen molar-refractivity contribution < 1.29 is 4.92 Å². The van der Waals surface area contributed by atoms with E-state index in [1.807, 2.05) is 11.4 Å². The van der Waals surface area contributed by atoms with Crippen LogP contribution in [0.4, 0.5) is 0 Å². The minimum Gasteiger partial charge on any atom is -0.347 e. The predicted molar refractivity (Wildman–Crippen MR) is 72.8 cm³/mol. The number of thioether (sulfide) groups is 1. The van der Waals surface area contributed by atoms with Crippen LogP contribution in [-0.4, -0.2) is 40.2 Å². The highest BCUT2D eigenvalue weighted by Gasteiger charge is 2.35. The van der Waals surface area contributed by atoms with Crippen molar-refractivity contribution in [3.8, 4) is 0 Å². The number of hydrogen-bond donors (Lipinski definition) is 0. The summed E-state index contributed by atoms with van der Waals surface area (Å²) in [5.41, 5.74) is 0.361. The zero-order chi connectivity index (χ0) is 12.5. The molecule has 0 saturated carbocycles. The fourth-order valence-corrected chi connectivity index (χ4v) is 4.17. The second kappa shape index (κ2) is 4.91. The van der Waals surface area contributed by atoms with Gasteiger partial charge < -0.3 is 4.90 Å². The molecule has 7 heteroatoms. The lowest BCUT2D eigenvalue weighted by Gasteiger charge is -2.32. The molecule has 96 valence electrons. The van der Waals surface area contributed by atoms with Gasteiger partial charge in [-0.3, -0.25) is 15.0 Å². The summed E-state index contributed by atoms with van der Waals surface area (Å²) in [7, 11) is 0. The Bertz CT molecular complexity index is 486. The second-order valence-electron chi connectivity index (χ2n) is 4.33. The molecule has 5 nitrogen and oxygen atoms in total. The first-order valence-electron chi connectivity index (χ1n) is 5.74. The van der Waals surface area contributed by atoms with Crippen molar-refractivity contribution in [2.45, 2.75) is 6.54 Å². The Morgan fingerprint density at radius 2 is 2.39 bits per heavy atom. The zero-order valence-corrected chi connectivity index (χ0v) is 11.4. The lowest BCUT2D eigenvalue weighted by atomic mass is 10.3. The molecule has 0 spiro atoms. The Hall–Kier alpha value is -1.05. The van der Waals surface area contributed by atoms with E-state index >= 15 is 0 Å². The molecule has 1 fully saturated rings. The summed E-state index contributed by atoms with van der Waals surface area (Å²) in [5.74, 6) is 0.958. The van der Waals surface area contributed by atoms with E-state index in [4.69, 9.17) is 0 Å². The van der Waals surface area contributed by atoms with Crippen LogP contribution in [-0.2, 0) is 6.54 Å². The normalized spacial score (nSPS) is 20.3. The molecule has 3 rings (SSSR count). The van der Waals surface area contributed by atoms with E-state index < -0.39 is 0 Å². The van der Waals surface area contributed by atoms with Crippen molar-refractivity contribution in [1.29, 1.82) is 0 Å². The molecule has 0 radical (unpaired) electrons. The maximum absolute atomic E-state index is 11.1. The van der Waals surface area contributed by atoms with Gasteiger partial charge in [-0.25, -0.2) is 0 Å². The Labute approximate surface area is 113 Å². The number of fused-ring (bicyclic) bond motifs is 1. The van der Waals surface area contributed by atoms with Gasteiger partial charge in [0.1, 0.15) is 5.03 Å². The average molecular weight is 283 g/mol. The van der Waals surface area contributed by atoms with Crippen LogP contribution in [0.5, 0.6) is 0 Å². The van der Waals surface area contributed by atoms with E-state index in [1.165, 1.54) is 4.88 Å². The number of nitro groups is 1. The van der Waals surface area contributed by atoms with E-state index in [0.717, 1.165) is 30.5 Å². The van der Waals surface area contributed by atoms with Gasteiger partial charge in [0, 0.05) is 23.7 Å². The third-order valence-electron chi connectivity index (χ3n) is 3.06. The molecule has 1 saturated heterocycles. The first kappa shape index (κ1) is 12.0. The van der Waals surface area contributed by atoms with E-state index in [1.54, 1.807) is 23.1 Å². The topological polar surface area (TPSA) is 49.6 Å². The van der Waals surface area contributed by atoms with Crippen molar-refractivity contribution in [3.05, 3.63) is 43.2 Å². The number of thiophene rings is 1. The van der Waals surface area contributed by atoms with Gasteiger partial charge in [-0.15, -0.1) is 23.1 Å². The van der Waals surface area contributed by atoms with Crippen LogP contribution in [0.25, 0.3) is 0 Å². The highest BCUT2D eigenvalue weighted by Crippen LogP contribution is 2.34. The van der Waals surface area contributed by atoms with Gasteiger partial charge in [-0.2, -0.15) is 0 Å². The molecule has 0 aliphatic carbocycles. The Kier molecular flexibility index (Phi) is 3.27. The van der Waals surface area contributed by atoms with E-state index in [2.05, 4.69) is 15.9 Å². The van der Waals surface area contributed by atoms with Crippen molar-refractivity contribution in [1.82, 2.24) is 9.80 Å². The third-order valence-corrected chi connectivity index (χ3v) is 5.07. The van der Waals surface area contributed by atoms with E-state index in [9.17, 15) is 10.1 Å². The Morgan fingerprint density at radius 1 is 1.50 bits per heavy atom. The van der Waals surface area contributed by atoms with E-state index in [0.29, 0.717) is 12.2 Å². The summed E-state index contributed by atoms with van der Waals surface area (Å²) >= 11 is 3.31. The molecule has 0 unspecified atom stereocenters. The quantitative estimate of drug-likeness (QED) is 0.627. The van der Waals surface area contributed by atoms with Crippen molar-refractivity contribution in [2.75, 3.05) is 25.5 Å². The van der Waals surface area contributed by atoms with E-state index in [-0.39, 0.29) is 4.92 Å². The van der Waals surface area contributed by atoms with Crippen LogP contribution in [0, 0.1) is 10.1 Å². The maximum atomic E-state index is 11.1. The fraction of sp³-hybridized carbons (Fsp3) is 0.455. The molecule has 0 N–H and O–H groups in total. The smallest absolute Gasteiger partial charge is 0.289 e. The first-order chi connectivity index (χ1) is 8.74. The minimum absolute atomic E-state index is 0.221. The van der Waals surface area contributed by atoms with Crippen molar-refractivity contribution in [2.24, 2.45) is 0 Å². The molecular formula is C11H13N3O2S2. The minimum atomic E-state index is -0.221. The monoisotopic (exact) mass is 283 g/mol. The van der Waals surface area contributed by atoms with Crippen LogP contribution >= 0.6 is 23.1 Å². The van der Waals surface area contributed by atoms with Crippen molar-refractivity contribution >= 4 is 23.1 Å². The van der Waals surface area contributed by atoms with Crippen LogP contribution in [0.1, 0.15) is 4.88 Å². The molecule has 3 heterocycles. The standard InChI is InChI=1S/C11H13N3O2S2/c15-14(16)10-7-12(6-9-2-1-4-17-9)8-13-3-5-18-11(10)13/h1-2,4H,3,5-8H2. The summed E-state index contributed by atoms with van der Waals surface area (Å²) in [6, 6.07) is 4.10. The molecule has 1 aromatic rings. The molecule has 1 aromatic heterocycles. The highest BCUT2D eigenvalue weighted by molar-refractivity contribution is 8.03. The lowest BCUT2D eigenvalue weighted by molar-refractivity contribution is -0.431. The highest BCUT2D eigenvalue weighted by atomic mass is 32.2. The molecule has 2 aliphatic rings. The first-order valence-corrected chi connectivity index (χ1v) is 7.60. The maximum Gasteiger partial charge on any atom is 0.289 e. The van der Waals surface area contributed by atoms with Crippen LogP contribution in [0.15, 0.2) is 28.2 Å². The van der Waals surface area contributed by atoms with Gasteiger partial charge in [0.15, 0.2) is 0 Å². The van der Waals surface area contributed by atoms with Gasteiger partial charge in [-0.1, -0.05) is 6.07 Å². The van der Waals surface area contributed by atoms with Gasteiger partial charge in [0.25, 0.3) is 5.70 Å². The summed E-state index contributed by atoms with van der Waals surface area (Å²) in [5, 5.41) is 14.0. The second-order valence-corrected chi connectivity index (χ2v) is 6.44. The largest absolute Gasteiger partial charge is 0.347 e. The van der Waals surface area contributed by atoms with Gasteiger partial charge in [-0.05, 0) is 11.4 Å². The molecule has 18 heavy (non-hydrogen) atoms. The fourth-order valence-electron chi connectivity index (χ4n) is 2.28. The van der Waals surface area contributed by atoms with Crippen LogP contribution in [0.2, 0.25) is 0 Å². The molecule has 2 aliphatic heterocycles. The SMILES string of the molecule is O=[N+]([O-])C1=C2SCCN2CN(Cc2cccs2)C1. The van der Waals surface area contributed by atoms with Crippen molar-refractivity contribution in [3.63, 3.8) is 0 Å². The van der Waals surface area contributed by atoms with Gasteiger partial charge in [0.2, 0.25) is 0 Å². The molecule has 0 amide bonds. The van der Waals surface area contributed by atoms with Gasteiger partial charge >= 0.3 is 0 Å². The molecule has 0 bridgehead atoms. The summed E-state index contributed by atoms with van der Waals surface area (Å²) in [4.78, 5) is 16.4. The Morgan fingerprint density at radius 3 is 3.11 bits per heavy atom. The average Bonchev–Trinajstić information content (AvgIpc) is 2.98. The molecule has 0 atom stereocenters. The summed E-state index contributed by atoms with van der Waals surface area (Å²) in [6.07, 6.45) is 0. The third kappa shape index (κ3) is 2.25.